The molecule has 0 aliphatic rings. The highest BCUT2D eigenvalue weighted by Gasteiger charge is 2.39. The van der Waals surface area contributed by atoms with Gasteiger partial charge in [0, 0.05) is 26.2 Å². The Balaban J connectivity index is 0.000000125. The molecule has 678 valence electrons. The maximum absolute atomic E-state index is 4.98. The van der Waals surface area contributed by atoms with Crippen molar-refractivity contribution < 1.29 is 0 Å². The van der Waals surface area contributed by atoms with Gasteiger partial charge < -0.3 is 36.5 Å². The largest absolute Gasteiger partial charge is 0.326 e. The van der Waals surface area contributed by atoms with Gasteiger partial charge in [-0.1, -0.05) is 91.0 Å². The molecule has 0 aliphatic carbocycles. The monoisotopic (exact) mass is 1760 g/mol. The van der Waals surface area contributed by atoms with Gasteiger partial charge in [-0.15, -0.1) is 0 Å². The minimum Gasteiger partial charge on any atom is -0.326 e. The molecule has 133 heavy (non-hydrogen) atoms. The van der Waals surface area contributed by atoms with Crippen LogP contribution in [0.25, 0.3) is 88.3 Å². The first-order valence-electron chi connectivity index (χ1n) is 47.0. The highest BCUT2D eigenvalue weighted by molar-refractivity contribution is 5.88. The van der Waals surface area contributed by atoms with E-state index in [1.165, 1.54) is 194 Å². The van der Waals surface area contributed by atoms with Crippen molar-refractivity contribution in [3.8, 4) is 0 Å². The standard InChI is InChI=1S/C37H48N4.C29H32N4.C26H26N4.C25H24N4/c1-19-16-20(2)31(37(14,15)41-18-39-33-26(8)22(4)24(6)28(10)35(33)41)29(11)30(19)36(12,13)40-17-38-32-25(7)21(3)23(5)27(9)34(32)40;1-19-16-20(2)27(29(6,7)33-18-31-23-13-9-11-15-25(23)33)21(3)26(19)28(4,5)32-17-30-22-12-8-10-14-24(22)32;1-17-18(2)21(13-29-15-27-23-9-5-7-11-25(23)29)20(4)22(19(17)3)14-30-16-28-24-10-6-8-12-26(24)30;1-17-12-18(2)21(14-29-16-27-23-9-5-7-11-25(23)29)19(3)20(17)13-28-15-26-22-8-4-6-10-24(22)28/h16-18H,1-15H3;8-18H,1-7H3;5-12,15-16H,13-14H2,1-4H3;4-12,15-16H,13-14H2,1-3H3. The number of nitrogens with zero attached hydrogens (tertiary/aromatic N) is 16. The third-order valence-electron chi connectivity index (χ3n) is 30.7. The molecule has 16 heteroatoms. The lowest BCUT2D eigenvalue weighted by Crippen LogP contribution is -2.34. The lowest BCUT2D eigenvalue weighted by Gasteiger charge is -2.38. The van der Waals surface area contributed by atoms with Gasteiger partial charge in [0.15, 0.2) is 0 Å². The average Bonchev–Trinajstić information content (AvgIpc) is 1.68. The van der Waals surface area contributed by atoms with Crippen molar-refractivity contribution >= 4 is 88.3 Å². The second kappa shape index (κ2) is 34.8. The van der Waals surface area contributed by atoms with Crippen LogP contribution in [-0.4, -0.2) is 76.4 Å². The summed E-state index contributed by atoms with van der Waals surface area (Å²) in [6.07, 6.45) is 15.9. The lowest BCUT2D eigenvalue weighted by molar-refractivity contribution is 0.424. The van der Waals surface area contributed by atoms with Gasteiger partial charge in [-0.25, -0.2) is 39.9 Å². The second-order valence-corrected chi connectivity index (χ2v) is 39.8. The van der Waals surface area contributed by atoms with Gasteiger partial charge in [-0.2, -0.15) is 0 Å². The number of hydrogen-bond donors (Lipinski definition) is 0. The van der Waals surface area contributed by atoms with E-state index in [0.29, 0.717) is 0 Å². The van der Waals surface area contributed by atoms with E-state index in [2.05, 4.69) is 407 Å². The molecular formula is C117H130N16. The zero-order valence-corrected chi connectivity index (χ0v) is 83.7. The average molecular weight is 1760 g/mol. The lowest BCUT2D eigenvalue weighted by atomic mass is 9.77. The zero-order valence-electron chi connectivity index (χ0n) is 83.7. The molecule has 8 heterocycles. The molecule has 0 N–H and O–H groups in total. The first kappa shape index (κ1) is 91.3. The fourth-order valence-corrected chi connectivity index (χ4v) is 23.0. The molecule has 0 unspecified atom stereocenters. The molecule has 8 aromatic heterocycles. The fraction of sp³-hybridized carbons (Fsp3) is 0.316. The SMILES string of the molecule is Cc1c(C)c(Cn2cnc3ccccc32)c(C)c(Cn2cnc3ccccc32)c1C.Cc1cc(C)c(C(C)(C)n2cnc3c(C)c(C)c(C)c(C)c32)c(C)c1C(C)(C)n1cnc2c(C)c(C)c(C)c(C)c21.Cc1cc(C)c(C(C)(C)n2cnc3ccccc32)c(C)c1C(C)(C)n1cnc2ccccc21.Cc1cc(C)c(Cn2cnc3ccccc32)c(C)c1Cn1cnc2ccccc21. The quantitative estimate of drug-likeness (QED) is 0.0931. The van der Waals surface area contributed by atoms with Crippen molar-refractivity contribution in [1.29, 1.82) is 0 Å². The molecule has 0 spiro atoms. The molecule has 0 aliphatic heterocycles. The Morgan fingerprint density at radius 3 is 0.714 bits per heavy atom. The smallest absolute Gasteiger partial charge is 0.0966 e. The summed E-state index contributed by atoms with van der Waals surface area (Å²) in [4.78, 5) is 37.6. The molecule has 0 saturated carbocycles. The molecule has 0 saturated heterocycles. The summed E-state index contributed by atoms with van der Waals surface area (Å²) in [7, 11) is 0. The Hall–Kier alpha value is -13.6. The third-order valence-corrected chi connectivity index (χ3v) is 30.7. The van der Waals surface area contributed by atoms with Crippen molar-refractivity contribution in [1.82, 2.24) is 76.4 Å². The minimum absolute atomic E-state index is 0.264. The maximum atomic E-state index is 4.98. The number of imidazole rings is 8. The zero-order chi connectivity index (χ0) is 94.8. The Morgan fingerprint density at radius 1 is 0.195 bits per heavy atom. The van der Waals surface area contributed by atoms with Crippen LogP contribution >= 0.6 is 0 Å². The van der Waals surface area contributed by atoms with Crippen LogP contribution in [0.5, 0.6) is 0 Å². The van der Waals surface area contributed by atoms with Crippen LogP contribution in [0, 0.1) is 145 Å². The van der Waals surface area contributed by atoms with Crippen LogP contribution in [0.4, 0.5) is 0 Å². The van der Waals surface area contributed by atoms with Gasteiger partial charge in [0.05, 0.1) is 161 Å². The number of hydrogen-bond acceptors (Lipinski definition) is 8. The van der Waals surface area contributed by atoms with Gasteiger partial charge >= 0.3 is 0 Å². The van der Waals surface area contributed by atoms with Crippen LogP contribution in [-0.2, 0) is 48.3 Å². The first-order valence-corrected chi connectivity index (χ1v) is 47.0. The predicted octanol–water partition coefficient (Wildman–Crippen LogP) is 27.3. The Morgan fingerprint density at radius 2 is 0.414 bits per heavy atom. The van der Waals surface area contributed by atoms with E-state index >= 15 is 0 Å². The predicted molar refractivity (Wildman–Crippen MR) is 553 cm³/mol. The molecule has 20 aromatic rings. The number of aromatic nitrogens is 16. The van der Waals surface area contributed by atoms with Crippen LogP contribution < -0.4 is 0 Å². The van der Waals surface area contributed by atoms with E-state index in [-0.39, 0.29) is 22.2 Å². The maximum Gasteiger partial charge on any atom is 0.0966 e. The summed E-state index contributed by atoms with van der Waals surface area (Å²) in [5.41, 5.74) is 55.8. The van der Waals surface area contributed by atoms with E-state index in [1.54, 1.807) is 0 Å². The van der Waals surface area contributed by atoms with E-state index in [9.17, 15) is 0 Å². The van der Waals surface area contributed by atoms with E-state index in [0.717, 1.165) is 81.3 Å². The summed E-state index contributed by atoms with van der Waals surface area (Å²) in [6.45, 7) is 69.1. The third kappa shape index (κ3) is 15.6. The summed E-state index contributed by atoms with van der Waals surface area (Å²) in [5.74, 6) is 0. The van der Waals surface area contributed by atoms with Gasteiger partial charge in [0.1, 0.15) is 0 Å². The van der Waals surface area contributed by atoms with E-state index < -0.39 is 0 Å². The van der Waals surface area contributed by atoms with Crippen molar-refractivity contribution in [2.45, 2.75) is 249 Å². The Kier molecular flexibility index (Phi) is 23.9. The molecule has 20 rings (SSSR count). The molecular weight excluding hydrogens is 1630 g/mol. The van der Waals surface area contributed by atoms with Gasteiger partial charge in [-0.05, 0) is 435 Å². The van der Waals surface area contributed by atoms with E-state index in [1.807, 2.05) is 74.4 Å². The number of benzene rings is 12. The summed E-state index contributed by atoms with van der Waals surface area (Å²) in [5, 5.41) is 0. The van der Waals surface area contributed by atoms with Crippen molar-refractivity contribution in [3.63, 3.8) is 0 Å². The number of aryl methyl sites for hydroxylation is 10. The first-order chi connectivity index (χ1) is 63.2. The Bertz CT molecular complexity index is 7520. The fourth-order valence-electron chi connectivity index (χ4n) is 23.0. The number of fused-ring (bicyclic) bond motifs is 8. The van der Waals surface area contributed by atoms with E-state index in [4.69, 9.17) is 9.97 Å². The summed E-state index contributed by atoms with van der Waals surface area (Å²) in [6, 6.07) is 57.1. The van der Waals surface area contributed by atoms with Crippen molar-refractivity contribution in [2.75, 3.05) is 0 Å². The molecule has 0 fully saturated rings. The van der Waals surface area contributed by atoms with Crippen LogP contribution in [0.2, 0.25) is 0 Å². The normalized spacial score (nSPS) is 12.2. The van der Waals surface area contributed by atoms with Crippen molar-refractivity contribution in [3.05, 3.63) is 376 Å². The highest BCUT2D eigenvalue weighted by atomic mass is 15.1. The topological polar surface area (TPSA) is 143 Å². The molecule has 12 aromatic carbocycles. The molecule has 0 bridgehead atoms. The van der Waals surface area contributed by atoms with Crippen LogP contribution in [0.1, 0.15) is 217 Å². The van der Waals surface area contributed by atoms with Crippen LogP contribution in [0.3, 0.4) is 0 Å². The van der Waals surface area contributed by atoms with Gasteiger partial charge in [-0.3, -0.25) is 0 Å². The Labute approximate surface area is 784 Å². The van der Waals surface area contributed by atoms with Crippen molar-refractivity contribution in [2.24, 2.45) is 0 Å². The summed E-state index contributed by atoms with van der Waals surface area (Å²) >= 11 is 0. The number of rotatable bonds is 16. The number of para-hydroxylation sites is 12. The molecule has 0 radical (unpaired) electrons. The second-order valence-electron chi connectivity index (χ2n) is 39.8. The van der Waals surface area contributed by atoms with Gasteiger partial charge in [0.2, 0.25) is 0 Å². The molecule has 16 nitrogen and oxygen atoms in total. The molecule has 0 atom stereocenters. The molecule has 0 amide bonds. The van der Waals surface area contributed by atoms with Crippen LogP contribution in [0.15, 0.2) is 214 Å². The summed E-state index contributed by atoms with van der Waals surface area (Å²) < 4.78 is 18.5. The minimum atomic E-state index is -0.308. The van der Waals surface area contributed by atoms with Gasteiger partial charge in [0.25, 0.3) is 0 Å². The highest BCUT2D eigenvalue weighted by Crippen LogP contribution is 2.46.